The summed E-state index contributed by atoms with van der Waals surface area (Å²) < 4.78 is 0. The Hall–Kier alpha value is -1.82. The molecule has 0 unspecified atom stereocenters. The predicted molar refractivity (Wildman–Crippen MR) is 83.0 cm³/mol. The highest BCUT2D eigenvalue weighted by Gasteiger charge is 2.19. The lowest BCUT2D eigenvalue weighted by atomic mass is 9.95. The monoisotopic (exact) mass is 290 g/mol. The number of pyridine rings is 1. The zero-order chi connectivity index (χ0) is 14.1. The minimum Gasteiger partial charge on any atom is -0.397 e. The van der Waals surface area contributed by atoms with Crippen molar-refractivity contribution in [2.45, 2.75) is 38.1 Å². The second kappa shape index (κ2) is 5.28. The van der Waals surface area contributed by atoms with E-state index in [1.807, 2.05) is 6.07 Å². The standard InChI is InChI=1S/C14H18N4OS/c15-11-10-9(18-8-4-2-1-3-5-8)6-7-17-14(10)20-12(11)13(16)19/h6-8H,1-5,15H2,(H2,16,19)(H,17,18). The molecule has 1 amide bonds. The predicted octanol–water partition coefficient (Wildman–Crippen LogP) is 2.72. The van der Waals surface area contributed by atoms with E-state index < -0.39 is 5.91 Å². The number of amides is 1. The van der Waals surface area contributed by atoms with Crippen molar-refractivity contribution in [3.63, 3.8) is 0 Å². The number of anilines is 2. The number of nitrogens with zero attached hydrogens (tertiary/aromatic N) is 1. The van der Waals surface area contributed by atoms with Gasteiger partial charge in [-0.1, -0.05) is 19.3 Å². The SMILES string of the molecule is NC(=O)c1sc2nccc(NC3CCCCC3)c2c1N. The maximum absolute atomic E-state index is 11.4. The average Bonchev–Trinajstić information content (AvgIpc) is 2.79. The Morgan fingerprint density at radius 2 is 2.10 bits per heavy atom. The first-order valence-electron chi connectivity index (χ1n) is 6.90. The lowest BCUT2D eigenvalue weighted by Crippen LogP contribution is -2.22. The molecule has 0 radical (unpaired) electrons. The van der Waals surface area contributed by atoms with Crippen molar-refractivity contribution in [3.05, 3.63) is 17.1 Å². The van der Waals surface area contributed by atoms with Gasteiger partial charge in [-0.2, -0.15) is 0 Å². The van der Waals surface area contributed by atoms with Crippen LogP contribution in [0.15, 0.2) is 12.3 Å². The number of aromatic nitrogens is 1. The largest absolute Gasteiger partial charge is 0.397 e. The number of thiophene rings is 1. The maximum Gasteiger partial charge on any atom is 0.260 e. The quantitative estimate of drug-likeness (QED) is 0.810. The number of rotatable bonds is 3. The third-order valence-electron chi connectivity index (χ3n) is 3.82. The Bertz CT molecular complexity index is 646. The normalized spacial score (nSPS) is 16.4. The fraction of sp³-hybridized carbons (Fsp3) is 0.429. The van der Waals surface area contributed by atoms with Gasteiger partial charge in [0.15, 0.2) is 0 Å². The van der Waals surface area contributed by atoms with Crippen molar-refractivity contribution in [1.82, 2.24) is 4.98 Å². The van der Waals surface area contributed by atoms with Crippen molar-refractivity contribution in [3.8, 4) is 0 Å². The Labute approximate surface area is 121 Å². The molecule has 20 heavy (non-hydrogen) atoms. The van der Waals surface area contributed by atoms with E-state index in [1.165, 1.54) is 43.4 Å². The van der Waals surface area contributed by atoms with Crippen LogP contribution in [-0.4, -0.2) is 16.9 Å². The number of fused-ring (bicyclic) bond motifs is 1. The lowest BCUT2D eigenvalue weighted by Gasteiger charge is -2.24. The van der Waals surface area contributed by atoms with Gasteiger partial charge in [0.2, 0.25) is 0 Å². The van der Waals surface area contributed by atoms with Crippen molar-refractivity contribution >= 4 is 38.8 Å². The number of nitrogen functional groups attached to an aromatic ring is 1. The van der Waals surface area contributed by atoms with E-state index in [-0.39, 0.29) is 0 Å². The number of carbonyl (C=O) groups excluding carboxylic acids is 1. The van der Waals surface area contributed by atoms with Gasteiger partial charge in [-0.05, 0) is 18.9 Å². The third kappa shape index (κ3) is 2.31. The molecule has 6 heteroatoms. The van der Waals surface area contributed by atoms with E-state index >= 15 is 0 Å². The number of hydrogen-bond donors (Lipinski definition) is 3. The third-order valence-corrected chi connectivity index (χ3v) is 4.95. The molecule has 0 aromatic carbocycles. The summed E-state index contributed by atoms with van der Waals surface area (Å²) in [5.41, 5.74) is 12.8. The highest BCUT2D eigenvalue weighted by molar-refractivity contribution is 7.21. The first kappa shape index (κ1) is 13.2. The zero-order valence-electron chi connectivity index (χ0n) is 11.2. The molecule has 0 saturated heterocycles. The smallest absolute Gasteiger partial charge is 0.260 e. The molecule has 1 fully saturated rings. The van der Waals surface area contributed by atoms with Crippen LogP contribution in [0, 0.1) is 0 Å². The molecule has 5 N–H and O–H groups in total. The Kier molecular flexibility index (Phi) is 3.48. The number of carbonyl (C=O) groups is 1. The van der Waals surface area contributed by atoms with Crippen LogP contribution in [0.2, 0.25) is 0 Å². The summed E-state index contributed by atoms with van der Waals surface area (Å²) in [5, 5.41) is 4.38. The summed E-state index contributed by atoms with van der Waals surface area (Å²) in [4.78, 5) is 16.8. The second-order valence-electron chi connectivity index (χ2n) is 5.23. The van der Waals surface area contributed by atoms with Gasteiger partial charge in [-0.15, -0.1) is 11.3 Å². The van der Waals surface area contributed by atoms with Crippen LogP contribution in [0.4, 0.5) is 11.4 Å². The minimum absolute atomic E-state index is 0.394. The van der Waals surface area contributed by atoms with Gasteiger partial charge in [-0.3, -0.25) is 4.79 Å². The van der Waals surface area contributed by atoms with Crippen molar-refractivity contribution in [2.75, 3.05) is 11.1 Å². The number of nitrogens with one attached hydrogen (secondary N) is 1. The van der Waals surface area contributed by atoms with E-state index in [9.17, 15) is 4.79 Å². The molecular formula is C14H18N4OS. The van der Waals surface area contributed by atoms with E-state index in [0.717, 1.165) is 15.9 Å². The van der Waals surface area contributed by atoms with E-state index in [2.05, 4.69) is 10.3 Å². The molecule has 2 aromatic heterocycles. The molecule has 5 nitrogen and oxygen atoms in total. The lowest BCUT2D eigenvalue weighted by molar-refractivity contribution is 0.100. The average molecular weight is 290 g/mol. The van der Waals surface area contributed by atoms with Gasteiger partial charge >= 0.3 is 0 Å². The minimum atomic E-state index is -0.492. The highest BCUT2D eigenvalue weighted by Crippen LogP contribution is 2.37. The van der Waals surface area contributed by atoms with E-state index in [0.29, 0.717) is 16.6 Å². The highest BCUT2D eigenvalue weighted by atomic mass is 32.1. The van der Waals surface area contributed by atoms with E-state index in [4.69, 9.17) is 11.5 Å². The summed E-state index contributed by atoms with van der Waals surface area (Å²) in [6.45, 7) is 0. The topological polar surface area (TPSA) is 94.0 Å². The first-order valence-corrected chi connectivity index (χ1v) is 7.72. The Morgan fingerprint density at radius 1 is 1.35 bits per heavy atom. The van der Waals surface area contributed by atoms with Crippen LogP contribution in [0.25, 0.3) is 10.2 Å². The Balaban J connectivity index is 1.99. The summed E-state index contributed by atoms with van der Waals surface area (Å²) in [7, 11) is 0. The van der Waals surface area contributed by atoms with Crippen LogP contribution in [0.1, 0.15) is 41.8 Å². The molecule has 0 bridgehead atoms. The molecule has 0 spiro atoms. The summed E-state index contributed by atoms with van der Waals surface area (Å²) >= 11 is 1.26. The summed E-state index contributed by atoms with van der Waals surface area (Å²) in [6.07, 6.45) is 7.94. The fourth-order valence-corrected chi connectivity index (χ4v) is 3.76. The van der Waals surface area contributed by atoms with Gasteiger partial charge < -0.3 is 16.8 Å². The molecule has 2 aromatic rings. The van der Waals surface area contributed by atoms with Crippen LogP contribution in [0.3, 0.4) is 0 Å². The van der Waals surface area contributed by atoms with Crippen LogP contribution >= 0.6 is 11.3 Å². The summed E-state index contributed by atoms with van der Waals surface area (Å²) in [6, 6.07) is 2.40. The summed E-state index contributed by atoms with van der Waals surface area (Å²) in [5.74, 6) is -0.492. The zero-order valence-corrected chi connectivity index (χ0v) is 12.0. The van der Waals surface area contributed by atoms with Crippen LogP contribution in [-0.2, 0) is 0 Å². The molecule has 1 aliphatic rings. The number of primary amides is 1. The molecular weight excluding hydrogens is 272 g/mol. The molecule has 1 aliphatic carbocycles. The van der Waals surface area contributed by atoms with E-state index in [1.54, 1.807) is 6.20 Å². The Morgan fingerprint density at radius 3 is 2.80 bits per heavy atom. The molecule has 3 rings (SSSR count). The van der Waals surface area contributed by atoms with Crippen molar-refractivity contribution in [2.24, 2.45) is 5.73 Å². The van der Waals surface area contributed by atoms with Crippen molar-refractivity contribution in [1.29, 1.82) is 0 Å². The molecule has 2 heterocycles. The maximum atomic E-state index is 11.4. The molecule has 0 atom stereocenters. The van der Waals surface area contributed by atoms with Crippen molar-refractivity contribution < 1.29 is 4.79 Å². The molecule has 0 aliphatic heterocycles. The van der Waals surface area contributed by atoms with Gasteiger partial charge in [0.05, 0.1) is 11.1 Å². The van der Waals surface area contributed by atoms with Gasteiger partial charge in [0.1, 0.15) is 9.71 Å². The number of nitrogens with two attached hydrogens (primary N) is 2. The van der Waals surface area contributed by atoms with Gasteiger partial charge in [0.25, 0.3) is 5.91 Å². The van der Waals surface area contributed by atoms with Gasteiger partial charge in [-0.25, -0.2) is 4.98 Å². The molecule has 1 saturated carbocycles. The number of hydrogen-bond acceptors (Lipinski definition) is 5. The first-order chi connectivity index (χ1) is 9.66. The second-order valence-corrected chi connectivity index (χ2v) is 6.23. The van der Waals surface area contributed by atoms with Crippen LogP contribution < -0.4 is 16.8 Å². The molecule has 106 valence electrons. The van der Waals surface area contributed by atoms with Gasteiger partial charge in [0, 0.05) is 17.9 Å². The van der Waals surface area contributed by atoms with Crippen LogP contribution in [0.5, 0.6) is 0 Å². The fourth-order valence-electron chi connectivity index (χ4n) is 2.82.